The molecule has 0 radical (unpaired) electrons. The highest BCUT2D eigenvalue weighted by Crippen LogP contribution is 2.30. The van der Waals surface area contributed by atoms with E-state index in [0.29, 0.717) is 34.8 Å². The molecule has 4 aromatic heterocycles. The predicted octanol–water partition coefficient (Wildman–Crippen LogP) is 1.26. The number of anilines is 3. The molecule has 53 heavy (non-hydrogen) atoms. The summed E-state index contributed by atoms with van der Waals surface area (Å²) in [5.74, 6) is -2.20. The molecule has 282 valence electrons. The van der Waals surface area contributed by atoms with E-state index in [9.17, 15) is 24.0 Å². The fraction of sp³-hybridized carbons (Fsp3) is 0.303. The first kappa shape index (κ1) is 39.3. The first-order valence-corrected chi connectivity index (χ1v) is 15.9. The van der Waals surface area contributed by atoms with Crippen LogP contribution < -0.4 is 37.5 Å². The molecule has 1 unspecified atom stereocenters. The van der Waals surface area contributed by atoms with Crippen molar-refractivity contribution in [3.63, 3.8) is 0 Å². The second-order valence-corrected chi connectivity index (χ2v) is 12.5. The maximum absolute atomic E-state index is 13.2. The number of aliphatic imine (C=N–C) groups is 1. The Balaban J connectivity index is 0.00000627. The van der Waals surface area contributed by atoms with Gasteiger partial charge < -0.3 is 55.9 Å². The van der Waals surface area contributed by atoms with Crippen molar-refractivity contribution < 1.29 is 33.4 Å². The van der Waals surface area contributed by atoms with E-state index >= 15 is 0 Å². The van der Waals surface area contributed by atoms with Crippen LogP contribution in [0, 0.1) is 0 Å². The summed E-state index contributed by atoms with van der Waals surface area (Å²) in [4.78, 5) is 67.6. The maximum atomic E-state index is 13.2. The van der Waals surface area contributed by atoms with Gasteiger partial charge in [-0.3, -0.25) is 28.9 Å². The summed E-state index contributed by atoms with van der Waals surface area (Å²) >= 11 is 0. The fourth-order valence-corrected chi connectivity index (χ4v) is 5.49. The number of aromatic nitrogens is 5. The molecule has 1 fully saturated rings. The predicted molar refractivity (Wildman–Crippen MR) is 197 cm³/mol. The lowest BCUT2D eigenvalue weighted by Gasteiger charge is -2.21. The minimum absolute atomic E-state index is 0. The number of carbonyl (C=O) groups excluding carboxylic acids is 5. The van der Waals surface area contributed by atoms with E-state index in [-0.39, 0.29) is 66.9 Å². The molecule has 1 atom stereocenters. The Labute approximate surface area is 309 Å². The summed E-state index contributed by atoms with van der Waals surface area (Å²) in [6.45, 7) is 5.89. The van der Waals surface area contributed by atoms with Gasteiger partial charge in [-0.25, -0.2) is 4.79 Å². The molecule has 0 spiro atoms. The summed E-state index contributed by atoms with van der Waals surface area (Å²) < 4.78 is 17.0. The highest BCUT2D eigenvalue weighted by Gasteiger charge is 2.39. The third-order valence-corrected chi connectivity index (χ3v) is 8.01. The van der Waals surface area contributed by atoms with E-state index in [1.54, 1.807) is 67.4 Å². The lowest BCUT2D eigenvalue weighted by molar-refractivity contribution is -0.147. The molecule has 19 nitrogen and oxygen atoms in total. The Bertz CT molecular complexity index is 2100. The number of rotatable bonds is 13. The Hall–Kier alpha value is -6.50. The minimum atomic E-state index is -0.880. The summed E-state index contributed by atoms with van der Waals surface area (Å²) in [6.07, 6.45) is 5.06. The number of halogens is 1. The standard InChI is InChI=1S/C33H40N12O7.ClH/c1-18-13-33(2,52-31(18)50)17-51-26-12-25(45(6)41-26)30(49)40-21-11-24(44(5)16-21)29(48)39-20-10-23(43(4)15-20)28(47)38-19-9-22(42(3)14-19)27(46)36-7-8-37-32(34)35;/h9-12,14-16H,1,7-8,13,17H2,2-6H3,(H,36,46)(H,38,47)(H,39,48)(H,40,49)(H4,34,35,37);1H. The summed E-state index contributed by atoms with van der Waals surface area (Å²) in [5.41, 5.74) is 12.1. The van der Waals surface area contributed by atoms with Crippen LogP contribution in [0.1, 0.15) is 55.3 Å². The average Bonchev–Trinajstić information content (AvgIpc) is 3.86. The van der Waals surface area contributed by atoms with E-state index < -0.39 is 29.3 Å². The van der Waals surface area contributed by atoms with Gasteiger partial charge in [0, 0.05) is 71.4 Å². The van der Waals surface area contributed by atoms with E-state index in [1.807, 2.05) is 0 Å². The Morgan fingerprint density at radius 1 is 0.849 bits per heavy atom. The van der Waals surface area contributed by atoms with Crippen LogP contribution in [0.4, 0.5) is 17.1 Å². The van der Waals surface area contributed by atoms with Gasteiger partial charge >= 0.3 is 5.97 Å². The molecular weight excluding hydrogens is 712 g/mol. The first-order valence-electron chi connectivity index (χ1n) is 15.9. The Morgan fingerprint density at radius 3 is 1.77 bits per heavy atom. The number of aryl methyl sites for hydroxylation is 4. The minimum Gasteiger partial charge on any atom is -0.472 e. The molecule has 5 heterocycles. The van der Waals surface area contributed by atoms with E-state index in [4.69, 9.17) is 20.9 Å². The zero-order valence-electron chi connectivity index (χ0n) is 29.7. The van der Waals surface area contributed by atoms with Crippen LogP contribution >= 0.6 is 12.4 Å². The first-order chi connectivity index (χ1) is 24.5. The van der Waals surface area contributed by atoms with Gasteiger partial charge in [0.15, 0.2) is 5.96 Å². The third kappa shape index (κ3) is 9.25. The van der Waals surface area contributed by atoms with Crippen molar-refractivity contribution in [3.05, 3.63) is 77.8 Å². The number of nitrogens with zero attached hydrogens (tertiary/aromatic N) is 6. The number of esters is 1. The number of amides is 4. The van der Waals surface area contributed by atoms with Crippen molar-refractivity contribution in [1.29, 1.82) is 0 Å². The van der Waals surface area contributed by atoms with Crippen LogP contribution in [0.15, 0.2) is 60.0 Å². The summed E-state index contributed by atoms with van der Waals surface area (Å²) in [5, 5.41) is 15.2. The van der Waals surface area contributed by atoms with Gasteiger partial charge in [-0.05, 0) is 25.1 Å². The van der Waals surface area contributed by atoms with Crippen LogP contribution in [0.5, 0.6) is 5.88 Å². The van der Waals surface area contributed by atoms with Crippen LogP contribution in [0.2, 0.25) is 0 Å². The molecule has 1 aliphatic heterocycles. The molecule has 20 heteroatoms. The lowest BCUT2D eigenvalue weighted by Crippen LogP contribution is -2.32. The molecule has 0 aliphatic carbocycles. The SMILES string of the molecule is C=C1CC(C)(COc2cc(C(=O)Nc3cc(C(=O)Nc4cc(C(=O)Nc5cc(C(=O)NCCN=C(N)N)n(C)c5)n(C)c4)n(C)c3)n(C)n2)OC1=O.Cl. The van der Waals surface area contributed by atoms with Crippen LogP contribution in [0.3, 0.4) is 0 Å². The zero-order valence-corrected chi connectivity index (χ0v) is 30.5. The second-order valence-electron chi connectivity index (χ2n) is 12.5. The van der Waals surface area contributed by atoms with Crippen LogP contribution in [0.25, 0.3) is 0 Å². The fourth-order valence-electron chi connectivity index (χ4n) is 5.49. The van der Waals surface area contributed by atoms with Gasteiger partial charge in [0.25, 0.3) is 23.6 Å². The van der Waals surface area contributed by atoms with E-state index in [0.717, 1.165) is 0 Å². The van der Waals surface area contributed by atoms with Crippen molar-refractivity contribution in [2.45, 2.75) is 18.9 Å². The van der Waals surface area contributed by atoms with Gasteiger partial charge in [-0.15, -0.1) is 17.5 Å². The van der Waals surface area contributed by atoms with Crippen molar-refractivity contribution in [1.82, 2.24) is 28.8 Å². The summed E-state index contributed by atoms with van der Waals surface area (Å²) in [6, 6.07) is 6.00. The number of hydrogen-bond acceptors (Lipinski definition) is 9. The molecule has 5 rings (SSSR count). The van der Waals surface area contributed by atoms with Crippen molar-refractivity contribution in [2.24, 2.45) is 44.7 Å². The number of cyclic esters (lactones) is 1. The second kappa shape index (κ2) is 15.8. The monoisotopic (exact) mass is 752 g/mol. The highest BCUT2D eigenvalue weighted by molar-refractivity contribution is 6.08. The smallest absolute Gasteiger partial charge is 0.334 e. The number of nitrogens with two attached hydrogens (primary N) is 2. The van der Waals surface area contributed by atoms with Gasteiger partial charge in [0.2, 0.25) is 5.88 Å². The number of guanidine groups is 1. The molecular formula is C33H41ClN12O7. The quantitative estimate of drug-likeness (QED) is 0.0375. The zero-order chi connectivity index (χ0) is 37.9. The molecule has 1 aliphatic rings. The molecule has 0 bridgehead atoms. The third-order valence-electron chi connectivity index (χ3n) is 8.01. The van der Waals surface area contributed by atoms with Gasteiger partial charge in [-0.2, -0.15) is 0 Å². The lowest BCUT2D eigenvalue weighted by atomic mass is 10.0. The largest absolute Gasteiger partial charge is 0.472 e. The van der Waals surface area contributed by atoms with Gasteiger partial charge in [-0.1, -0.05) is 6.58 Å². The molecule has 0 aromatic carbocycles. The van der Waals surface area contributed by atoms with Crippen molar-refractivity contribution >= 4 is 65.0 Å². The average molecular weight is 753 g/mol. The number of carbonyl (C=O) groups is 5. The van der Waals surface area contributed by atoms with Crippen LogP contribution in [-0.2, 0) is 37.7 Å². The number of hydrogen-bond donors (Lipinski definition) is 6. The normalized spacial score (nSPS) is 14.9. The summed E-state index contributed by atoms with van der Waals surface area (Å²) in [7, 11) is 6.54. The Morgan fingerprint density at radius 2 is 1.32 bits per heavy atom. The van der Waals surface area contributed by atoms with E-state index in [1.165, 1.54) is 28.9 Å². The maximum Gasteiger partial charge on any atom is 0.334 e. The Kier molecular flexibility index (Phi) is 11.7. The molecule has 1 saturated heterocycles. The topological polar surface area (TPSA) is 249 Å². The molecule has 0 saturated carbocycles. The molecule has 4 amide bonds. The number of nitrogens with one attached hydrogen (secondary N) is 4. The number of ether oxygens (including phenoxy) is 2. The molecule has 8 N–H and O–H groups in total. The van der Waals surface area contributed by atoms with Gasteiger partial charge in [0.05, 0.1) is 23.6 Å². The van der Waals surface area contributed by atoms with Crippen molar-refractivity contribution in [3.8, 4) is 5.88 Å². The van der Waals surface area contributed by atoms with Gasteiger partial charge in [0.1, 0.15) is 35.0 Å². The molecule has 4 aromatic rings. The highest BCUT2D eigenvalue weighted by atomic mass is 35.5. The van der Waals surface area contributed by atoms with Crippen molar-refractivity contribution in [2.75, 3.05) is 35.6 Å². The van der Waals surface area contributed by atoms with Crippen LogP contribution in [-0.4, -0.2) is 84.3 Å². The van der Waals surface area contributed by atoms with E-state index in [2.05, 4.69) is 37.9 Å².